The zero-order chi connectivity index (χ0) is 10.0. The molecule has 0 radical (unpaired) electrons. The highest BCUT2D eigenvalue weighted by Gasteiger charge is 2.15. The van der Waals surface area contributed by atoms with E-state index in [2.05, 4.69) is 15.7 Å². The van der Waals surface area contributed by atoms with Gasteiger partial charge in [0, 0.05) is 0 Å². The molecule has 13 heavy (non-hydrogen) atoms. The first-order valence-corrected chi connectivity index (χ1v) is 4.12. The minimum atomic E-state index is -0.872. The topological polar surface area (TPSA) is 65.2 Å². The number of rotatable bonds is 1. The third-order valence-corrected chi connectivity index (χ3v) is 2.15. The van der Waals surface area contributed by atoms with Gasteiger partial charge in [0.1, 0.15) is 5.15 Å². The molecule has 2 N–H and O–H groups in total. The predicted octanol–water partition coefficient (Wildman–Crippen LogP) is 2.07. The van der Waals surface area contributed by atoms with E-state index in [9.17, 15) is 4.79 Å². The average molecular weight is 241 g/mol. The molecule has 0 fully saturated rings. The van der Waals surface area contributed by atoms with E-state index in [1.807, 2.05) is 0 Å². The summed E-state index contributed by atoms with van der Waals surface area (Å²) in [6.45, 7) is 0. The first kappa shape index (κ1) is 10.5. The van der Waals surface area contributed by atoms with Crippen LogP contribution in [0.4, 0.5) is 0 Å². The molecule has 4 nitrogen and oxygen atoms in total. The molecule has 1 rings (SSSR count). The maximum Gasteiger partial charge on any atom is 0.377 e. The lowest BCUT2D eigenvalue weighted by Crippen LogP contribution is -2.12. The molecule has 0 saturated heterocycles. The normalized spacial score (nSPS) is 9.85. The number of carbonyl (C=O) groups excluding carboxylic acids is 1. The summed E-state index contributed by atoms with van der Waals surface area (Å²) in [4.78, 5) is 18.4. The van der Waals surface area contributed by atoms with Crippen molar-refractivity contribution >= 4 is 40.8 Å². The van der Waals surface area contributed by atoms with Crippen LogP contribution in [0.3, 0.4) is 0 Å². The molecule has 1 heterocycles. The molecule has 70 valence electrons. The molecule has 0 atom stereocenters. The van der Waals surface area contributed by atoms with Crippen LogP contribution in [0.5, 0.6) is 0 Å². The number of nitrogens with two attached hydrogens (primary N) is 1. The standard InChI is InChI=1S/C6H3Cl3N2O2/c7-2-1-3(8)5(9)11-4(2)6(12)13-10/h1H,10H2. The minimum Gasteiger partial charge on any atom is -0.368 e. The van der Waals surface area contributed by atoms with Crippen LogP contribution in [-0.2, 0) is 4.84 Å². The second-order valence-corrected chi connectivity index (χ2v) is 3.17. The van der Waals surface area contributed by atoms with Gasteiger partial charge in [0.25, 0.3) is 0 Å². The van der Waals surface area contributed by atoms with Crippen molar-refractivity contribution in [3.05, 3.63) is 27.0 Å². The van der Waals surface area contributed by atoms with Gasteiger partial charge in [0.15, 0.2) is 5.69 Å². The zero-order valence-electron chi connectivity index (χ0n) is 6.05. The van der Waals surface area contributed by atoms with Crippen LogP contribution < -0.4 is 5.90 Å². The molecule has 0 aromatic carbocycles. The monoisotopic (exact) mass is 240 g/mol. The van der Waals surface area contributed by atoms with Crippen LogP contribution >= 0.6 is 34.8 Å². The Labute approximate surface area is 88.5 Å². The van der Waals surface area contributed by atoms with Crippen LogP contribution in [0, 0.1) is 0 Å². The molecule has 1 aromatic rings. The van der Waals surface area contributed by atoms with Crippen molar-refractivity contribution in [3.8, 4) is 0 Å². The minimum absolute atomic E-state index is 0.0323. The summed E-state index contributed by atoms with van der Waals surface area (Å²) in [6.07, 6.45) is 0. The van der Waals surface area contributed by atoms with Crippen molar-refractivity contribution in [2.75, 3.05) is 0 Å². The molecule has 0 aliphatic rings. The molecule has 0 aliphatic carbocycles. The van der Waals surface area contributed by atoms with Gasteiger partial charge in [-0.05, 0) is 6.07 Å². The molecular weight excluding hydrogens is 238 g/mol. The molecule has 0 amide bonds. The number of hydrogen-bond acceptors (Lipinski definition) is 4. The fourth-order valence-corrected chi connectivity index (χ4v) is 1.22. The van der Waals surface area contributed by atoms with Crippen molar-refractivity contribution in [3.63, 3.8) is 0 Å². The molecule has 7 heteroatoms. The van der Waals surface area contributed by atoms with Gasteiger partial charge in [0.05, 0.1) is 10.0 Å². The number of nitrogens with zero attached hydrogens (tertiary/aromatic N) is 1. The summed E-state index contributed by atoms with van der Waals surface area (Å²) < 4.78 is 0. The number of pyridine rings is 1. The van der Waals surface area contributed by atoms with E-state index in [-0.39, 0.29) is 20.9 Å². The fourth-order valence-electron chi connectivity index (χ4n) is 0.643. The summed E-state index contributed by atoms with van der Waals surface area (Å²) in [5, 5.41) is 0.150. The third kappa shape index (κ3) is 2.22. The van der Waals surface area contributed by atoms with Crippen molar-refractivity contribution in [2.45, 2.75) is 0 Å². The second kappa shape index (κ2) is 4.11. The van der Waals surface area contributed by atoms with Gasteiger partial charge >= 0.3 is 5.97 Å². The predicted molar refractivity (Wildman–Crippen MR) is 48.9 cm³/mol. The van der Waals surface area contributed by atoms with Gasteiger partial charge in [-0.3, -0.25) is 0 Å². The maximum atomic E-state index is 10.9. The number of halogens is 3. The van der Waals surface area contributed by atoms with E-state index in [0.717, 1.165) is 0 Å². The lowest BCUT2D eigenvalue weighted by molar-refractivity contribution is 0.0497. The molecule has 0 saturated carbocycles. The largest absolute Gasteiger partial charge is 0.377 e. The van der Waals surface area contributed by atoms with Crippen LogP contribution in [-0.4, -0.2) is 11.0 Å². The summed E-state index contributed by atoms with van der Waals surface area (Å²) in [7, 11) is 0. The average Bonchev–Trinajstić information content (AvgIpc) is 2.10. The highest BCUT2D eigenvalue weighted by Crippen LogP contribution is 2.25. The molecule has 0 bridgehead atoms. The summed E-state index contributed by atoms with van der Waals surface area (Å²) in [5.41, 5.74) is -0.168. The smallest absolute Gasteiger partial charge is 0.368 e. The van der Waals surface area contributed by atoms with E-state index in [1.165, 1.54) is 6.07 Å². The Bertz CT molecular complexity index is 356. The molecule has 0 unspecified atom stereocenters. The maximum absolute atomic E-state index is 10.9. The summed E-state index contributed by atoms with van der Waals surface area (Å²) in [6, 6.07) is 1.28. The van der Waals surface area contributed by atoms with Gasteiger partial charge in [-0.25, -0.2) is 9.78 Å². The second-order valence-electron chi connectivity index (χ2n) is 2.00. The van der Waals surface area contributed by atoms with E-state index >= 15 is 0 Å². The Morgan fingerprint density at radius 3 is 2.54 bits per heavy atom. The van der Waals surface area contributed by atoms with Gasteiger partial charge in [0.2, 0.25) is 0 Å². The van der Waals surface area contributed by atoms with Gasteiger partial charge in [-0.15, -0.1) is 0 Å². The Morgan fingerprint density at radius 2 is 2.00 bits per heavy atom. The van der Waals surface area contributed by atoms with Gasteiger partial charge in [-0.1, -0.05) is 34.8 Å². The summed E-state index contributed by atoms with van der Waals surface area (Å²) in [5.74, 6) is 3.77. The van der Waals surface area contributed by atoms with Crippen LogP contribution in [0.1, 0.15) is 10.5 Å². The Kier molecular flexibility index (Phi) is 3.33. The SMILES string of the molecule is NOC(=O)c1nc(Cl)c(Cl)cc1Cl. The first-order chi connectivity index (χ1) is 6.06. The first-order valence-electron chi connectivity index (χ1n) is 2.99. The Morgan fingerprint density at radius 1 is 1.38 bits per heavy atom. The Balaban J connectivity index is 3.23. The van der Waals surface area contributed by atoms with E-state index in [1.54, 1.807) is 0 Å². The fraction of sp³-hybridized carbons (Fsp3) is 0. The quantitative estimate of drug-likeness (QED) is 0.604. The number of carbonyl (C=O) groups is 1. The van der Waals surface area contributed by atoms with Crippen molar-refractivity contribution < 1.29 is 9.63 Å². The zero-order valence-corrected chi connectivity index (χ0v) is 8.32. The lowest BCUT2D eigenvalue weighted by Gasteiger charge is -2.01. The van der Waals surface area contributed by atoms with Crippen molar-refractivity contribution in [1.29, 1.82) is 0 Å². The van der Waals surface area contributed by atoms with Crippen LogP contribution in [0.2, 0.25) is 15.2 Å². The number of hydrogen-bond donors (Lipinski definition) is 1. The molecule has 1 aromatic heterocycles. The Hall–Kier alpha value is -0.550. The van der Waals surface area contributed by atoms with Gasteiger partial charge < -0.3 is 4.84 Å². The third-order valence-electron chi connectivity index (χ3n) is 1.19. The van der Waals surface area contributed by atoms with E-state index in [4.69, 9.17) is 34.8 Å². The van der Waals surface area contributed by atoms with E-state index < -0.39 is 5.97 Å². The summed E-state index contributed by atoms with van der Waals surface area (Å²) >= 11 is 16.7. The highest BCUT2D eigenvalue weighted by atomic mass is 35.5. The van der Waals surface area contributed by atoms with Gasteiger partial charge in [-0.2, -0.15) is 5.90 Å². The lowest BCUT2D eigenvalue weighted by atomic mass is 10.3. The van der Waals surface area contributed by atoms with Crippen LogP contribution in [0.25, 0.3) is 0 Å². The van der Waals surface area contributed by atoms with Crippen molar-refractivity contribution in [1.82, 2.24) is 4.98 Å². The van der Waals surface area contributed by atoms with Crippen molar-refractivity contribution in [2.24, 2.45) is 5.90 Å². The molecular formula is C6H3Cl3N2O2. The molecule has 0 aliphatic heterocycles. The van der Waals surface area contributed by atoms with E-state index in [0.29, 0.717) is 0 Å². The molecule has 0 spiro atoms. The highest BCUT2D eigenvalue weighted by molar-refractivity contribution is 6.42. The number of aromatic nitrogens is 1. The van der Waals surface area contributed by atoms with Crippen LogP contribution in [0.15, 0.2) is 6.07 Å².